The second-order valence-corrected chi connectivity index (χ2v) is 6.71. The van der Waals surface area contributed by atoms with Crippen LogP contribution in [0.25, 0.3) is 0 Å². The molecule has 2 amide bonds. The molecule has 1 heterocycles. The topological polar surface area (TPSA) is 61.8 Å². The number of hydrogen-bond acceptors (Lipinski definition) is 3. The zero-order chi connectivity index (χ0) is 16.9. The van der Waals surface area contributed by atoms with E-state index in [9.17, 15) is 9.18 Å². The minimum Gasteiger partial charge on any atom is -0.487 e. The van der Waals surface area contributed by atoms with Gasteiger partial charge in [-0.15, -0.1) is 0 Å². The Labute approximate surface area is 141 Å². The second kappa shape index (κ2) is 7.83. The van der Waals surface area contributed by atoms with Gasteiger partial charge in [0.25, 0.3) is 0 Å². The molecule has 2 aliphatic rings. The average Bonchev–Trinajstić information content (AvgIpc) is 3.10. The predicted molar refractivity (Wildman–Crippen MR) is 89.7 cm³/mol. The monoisotopic (exact) mass is 336 g/mol. The highest BCUT2D eigenvalue weighted by Crippen LogP contribution is 2.28. The Balaban J connectivity index is 1.55. The lowest BCUT2D eigenvalue weighted by molar-refractivity contribution is 0.143. The molecule has 5 nitrogen and oxygen atoms in total. The molecule has 0 atom stereocenters. The number of aliphatic hydroxyl groups is 1. The molecule has 1 aliphatic carbocycles. The molecule has 1 saturated carbocycles. The Morgan fingerprint density at radius 3 is 2.58 bits per heavy atom. The van der Waals surface area contributed by atoms with Crippen molar-refractivity contribution in [1.29, 1.82) is 0 Å². The molecular formula is C18H25FN2O3. The largest absolute Gasteiger partial charge is 0.487 e. The Morgan fingerprint density at radius 1 is 1.25 bits per heavy atom. The first-order chi connectivity index (χ1) is 11.7. The number of anilines is 1. The third-order valence-corrected chi connectivity index (χ3v) is 4.94. The molecule has 24 heavy (non-hydrogen) atoms. The van der Waals surface area contributed by atoms with Crippen LogP contribution in [0, 0.1) is 11.7 Å². The second-order valence-electron chi connectivity index (χ2n) is 6.71. The average molecular weight is 336 g/mol. The number of amides is 2. The summed E-state index contributed by atoms with van der Waals surface area (Å²) in [4.78, 5) is 13.9. The van der Waals surface area contributed by atoms with Gasteiger partial charge in [0, 0.05) is 31.5 Å². The molecule has 1 aromatic rings. The van der Waals surface area contributed by atoms with Gasteiger partial charge in [0.15, 0.2) is 11.6 Å². The van der Waals surface area contributed by atoms with E-state index in [1.54, 1.807) is 17.0 Å². The van der Waals surface area contributed by atoms with Gasteiger partial charge >= 0.3 is 6.03 Å². The molecule has 1 saturated heterocycles. The normalized spacial score (nSPS) is 19.5. The molecule has 1 aliphatic heterocycles. The summed E-state index contributed by atoms with van der Waals surface area (Å²) in [5.41, 5.74) is 0.431. The summed E-state index contributed by atoms with van der Waals surface area (Å²) in [5, 5.41) is 11.9. The van der Waals surface area contributed by atoms with E-state index in [0.29, 0.717) is 18.8 Å². The van der Waals surface area contributed by atoms with Crippen LogP contribution in [0.3, 0.4) is 0 Å². The number of ether oxygens (including phenoxy) is 1. The van der Waals surface area contributed by atoms with Gasteiger partial charge in [-0.05, 0) is 56.6 Å². The van der Waals surface area contributed by atoms with Crippen LogP contribution in [0.1, 0.15) is 38.5 Å². The molecule has 0 unspecified atom stereocenters. The summed E-state index contributed by atoms with van der Waals surface area (Å²) in [6.45, 7) is 1.40. The zero-order valence-electron chi connectivity index (χ0n) is 13.8. The number of piperidine rings is 1. The third kappa shape index (κ3) is 4.17. The van der Waals surface area contributed by atoms with Crippen LogP contribution in [0.4, 0.5) is 14.9 Å². The van der Waals surface area contributed by atoms with Gasteiger partial charge in [-0.2, -0.15) is 0 Å². The van der Waals surface area contributed by atoms with E-state index in [4.69, 9.17) is 9.84 Å². The quantitative estimate of drug-likeness (QED) is 0.886. The fourth-order valence-corrected chi connectivity index (χ4v) is 3.38. The van der Waals surface area contributed by atoms with Gasteiger partial charge in [0.05, 0.1) is 6.10 Å². The van der Waals surface area contributed by atoms with Gasteiger partial charge in [-0.3, -0.25) is 0 Å². The van der Waals surface area contributed by atoms with E-state index >= 15 is 0 Å². The van der Waals surface area contributed by atoms with E-state index < -0.39 is 5.82 Å². The summed E-state index contributed by atoms with van der Waals surface area (Å²) < 4.78 is 19.9. The van der Waals surface area contributed by atoms with Crippen molar-refractivity contribution in [1.82, 2.24) is 4.90 Å². The van der Waals surface area contributed by atoms with Gasteiger partial charge in [-0.1, -0.05) is 0 Å². The molecule has 3 rings (SSSR count). The lowest BCUT2D eigenvalue weighted by Crippen LogP contribution is -2.41. The van der Waals surface area contributed by atoms with Crippen LogP contribution in [-0.4, -0.2) is 41.8 Å². The molecule has 0 radical (unpaired) electrons. The fourth-order valence-electron chi connectivity index (χ4n) is 3.38. The standard InChI is InChI=1S/C18H25FN2O3/c19-16-11-14(5-6-17(16)24-15-3-1-2-4-15)20-18(23)21-9-7-13(12-22)8-10-21/h5-6,11,13,15,22H,1-4,7-10,12H2,(H,20,23). The number of benzene rings is 1. The first kappa shape index (κ1) is 17.0. The highest BCUT2D eigenvalue weighted by Gasteiger charge is 2.23. The van der Waals surface area contributed by atoms with Crippen molar-refractivity contribution in [2.75, 3.05) is 25.0 Å². The Kier molecular flexibility index (Phi) is 5.56. The Bertz CT molecular complexity index is 567. The number of rotatable bonds is 4. The van der Waals surface area contributed by atoms with E-state index in [1.165, 1.54) is 6.07 Å². The van der Waals surface area contributed by atoms with Crippen molar-refractivity contribution in [2.24, 2.45) is 5.92 Å². The molecule has 1 aromatic carbocycles. The number of hydrogen-bond donors (Lipinski definition) is 2. The van der Waals surface area contributed by atoms with Gasteiger partial charge in [-0.25, -0.2) is 9.18 Å². The van der Waals surface area contributed by atoms with Gasteiger partial charge in [0.2, 0.25) is 0 Å². The van der Waals surface area contributed by atoms with E-state index in [0.717, 1.165) is 38.5 Å². The number of halogens is 1. The smallest absolute Gasteiger partial charge is 0.321 e. The number of nitrogens with one attached hydrogen (secondary N) is 1. The van der Waals surface area contributed by atoms with Crippen molar-refractivity contribution in [2.45, 2.75) is 44.6 Å². The summed E-state index contributed by atoms with van der Waals surface area (Å²) >= 11 is 0. The number of carbonyl (C=O) groups excluding carboxylic acids is 1. The lowest BCUT2D eigenvalue weighted by Gasteiger charge is -2.31. The molecule has 0 aromatic heterocycles. The van der Waals surface area contributed by atoms with Crippen molar-refractivity contribution < 1.29 is 19.0 Å². The number of carbonyl (C=O) groups is 1. The maximum absolute atomic E-state index is 14.2. The van der Waals surface area contributed by atoms with E-state index in [2.05, 4.69) is 5.32 Å². The fraction of sp³-hybridized carbons (Fsp3) is 0.611. The molecule has 132 valence electrons. The van der Waals surface area contributed by atoms with Crippen LogP contribution in [-0.2, 0) is 0 Å². The Morgan fingerprint density at radius 2 is 1.96 bits per heavy atom. The third-order valence-electron chi connectivity index (χ3n) is 4.94. The molecular weight excluding hydrogens is 311 g/mol. The number of likely N-dealkylation sites (tertiary alicyclic amines) is 1. The SMILES string of the molecule is O=C(Nc1ccc(OC2CCCC2)c(F)c1)N1CCC(CO)CC1. The van der Waals surface area contributed by atoms with Crippen LogP contribution in [0.5, 0.6) is 5.75 Å². The first-order valence-electron chi connectivity index (χ1n) is 8.78. The van der Waals surface area contributed by atoms with Crippen LogP contribution in [0.2, 0.25) is 0 Å². The van der Waals surface area contributed by atoms with Crippen molar-refractivity contribution >= 4 is 11.7 Å². The van der Waals surface area contributed by atoms with Crippen molar-refractivity contribution in [3.05, 3.63) is 24.0 Å². The highest BCUT2D eigenvalue weighted by molar-refractivity contribution is 5.89. The molecule has 0 spiro atoms. The predicted octanol–water partition coefficient (Wildman–Crippen LogP) is 3.38. The van der Waals surface area contributed by atoms with Crippen molar-refractivity contribution in [3.63, 3.8) is 0 Å². The van der Waals surface area contributed by atoms with Gasteiger partial charge < -0.3 is 20.1 Å². The summed E-state index contributed by atoms with van der Waals surface area (Å²) in [6.07, 6.45) is 5.91. The van der Waals surface area contributed by atoms with Crippen LogP contribution < -0.4 is 10.1 Å². The summed E-state index contributed by atoms with van der Waals surface area (Å²) in [5.74, 6) is 0.0841. The minimum absolute atomic E-state index is 0.104. The molecule has 6 heteroatoms. The van der Waals surface area contributed by atoms with Crippen LogP contribution in [0.15, 0.2) is 18.2 Å². The van der Waals surface area contributed by atoms with Gasteiger partial charge in [0.1, 0.15) is 0 Å². The number of nitrogens with zero attached hydrogens (tertiary/aromatic N) is 1. The molecule has 2 N–H and O–H groups in total. The molecule has 2 fully saturated rings. The van der Waals surface area contributed by atoms with E-state index in [1.807, 2.05) is 0 Å². The van der Waals surface area contributed by atoms with E-state index in [-0.39, 0.29) is 30.4 Å². The Hall–Kier alpha value is -1.82. The summed E-state index contributed by atoms with van der Waals surface area (Å²) in [7, 11) is 0. The maximum Gasteiger partial charge on any atom is 0.321 e. The van der Waals surface area contributed by atoms with Crippen molar-refractivity contribution in [3.8, 4) is 5.75 Å². The minimum atomic E-state index is -0.446. The summed E-state index contributed by atoms with van der Waals surface area (Å²) in [6, 6.07) is 4.34. The number of urea groups is 1. The zero-order valence-corrected chi connectivity index (χ0v) is 13.8. The maximum atomic E-state index is 14.2. The first-order valence-corrected chi connectivity index (χ1v) is 8.78. The lowest BCUT2D eigenvalue weighted by atomic mass is 9.98. The van der Waals surface area contributed by atoms with Crippen LogP contribution >= 0.6 is 0 Å². The molecule has 0 bridgehead atoms. The number of aliphatic hydroxyl groups excluding tert-OH is 1. The highest BCUT2D eigenvalue weighted by atomic mass is 19.1.